The molecule has 1 atom stereocenters. The average Bonchev–Trinajstić information content (AvgIpc) is 2.20. The molecule has 1 rings (SSSR count). The molecule has 1 amide bonds. The number of amides is 1. The van der Waals surface area contributed by atoms with E-state index in [0.717, 1.165) is 5.69 Å². The first kappa shape index (κ1) is 12.0. The first-order valence-electron chi connectivity index (χ1n) is 4.92. The van der Waals surface area contributed by atoms with Gasteiger partial charge in [-0.1, -0.05) is 13.8 Å². The van der Waals surface area contributed by atoms with Gasteiger partial charge in [0.2, 0.25) is 5.91 Å². The van der Waals surface area contributed by atoms with Crippen LogP contribution in [0.4, 0.5) is 5.69 Å². The van der Waals surface area contributed by atoms with E-state index < -0.39 is 0 Å². The number of hydrogen-bond donors (Lipinski definition) is 2. The lowest BCUT2D eigenvalue weighted by Gasteiger charge is -2.14. The Morgan fingerprint density at radius 2 is 2.13 bits per heavy atom. The number of carbonyl (C=O) groups excluding carboxylic acids is 1. The first-order chi connectivity index (χ1) is 7.00. The van der Waals surface area contributed by atoms with Gasteiger partial charge in [0.15, 0.2) is 0 Å². The Balaban J connectivity index is 2.62. The van der Waals surface area contributed by atoms with Crippen molar-refractivity contribution in [3.05, 3.63) is 24.0 Å². The molecule has 4 heteroatoms. The number of rotatable bonds is 3. The lowest BCUT2D eigenvalue weighted by Crippen LogP contribution is -2.27. The third-order valence-electron chi connectivity index (χ3n) is 2.08. The fraction of sp³-hybridized carbons (Fsp3) is 0.455. The Bertz CT molecular complexity index is 335. The highest BCUT2D eigenvalue weighted by Gasteiger charge is 2.17. The molecule has 1 N–H and O–H groups in total. The number of aromatic nitrogens is 1. The first-order valence-corrected chi connectivity index (χ1v) is 5.44. The number of hydrogen-bond acceptors (Lipinski definition) is 3. The number of nitrogens with one attached hydrogen (secondary N) is 1. The van der Waals surface area contributed by atoms with Crippen LogP contribution < -0.4 is 5.32 Å². The highest BCUT2D eigenvalue weighted by atomic mass is 32.1. The fourth-order valence-electron chi connectivity index (χ4n) is 1.06. The number of pyridine rings is 1. The van der Waals surface area contributed by atoms with Crippen LogP contribution in [-0.4, -0.2) is 16.1 Å². The summed E-state index contributed by atoms with van der Waals surface area (Å²) in [5, 5.41) is 2.49. The molecule has 0 aromatic carbocycles. The maximum Gasteiger partial charge on any atom is 0.237 e. The molecule has 0 aliphatic heterocycles. The van der Waals surface area contributed by atoms with E-state index in [9.17, 15) is 4.79 Å². The summed E-state index contributed by atoms with van der Waals surface area (Å²) in [6.07, 6.45) is 1.65. The zero-order chi connectivity index (χ0) is 11.4. The molecule has 0 saturated carbocycles. The molecule has 0 aliphatic rings. The third-order valence-corrected chi connectivity index (χ3v) is 2.91. The van der Waals surface area contributed by atoms with Gasteiger partial charge in [0.1, 0.15) is 0 Å². The van der Waals surface area contributed by atoms with Crippen molar-refractivity contribution < 1.29 is 4.79 Å². The van der Waals surface area contributed by atoms with Gasteiger partial charge in [-0.05, 0) is 25.0 Å². The predicted molar refractivity (Wildman–Crippen MR) is 65.2 cm³/mol. The second kappa shape index (κ2) is 5.16. The van der Waals surface area contributed by atoms with Crippen LogP contribution >= 0.6 is 12.6 Å². The van der Waals surface area contributed by atoms with Gasteiger partial charge in [-0.3, -0.25) is 9.78 Å². The summed E-state index contributed by atoms with van der Waals surface area (Å²) in [5.41, 5.74) is 1.64. The molecule has 0 spiro atoms. The standard InChI is InChI=1S/C11H16N2OS/c1-7(2)10(15)11(14)13-9-5-4-8(3)12-6-9/h4-7,10,15H,1-3H3,(H,13,14). The summed E-state index contributed by atoms with van der Waals surface area (Å²) in [6, 6.07) is 3.69. The average molecular weight is 224 g/mol. The Morgan fingerprint density at radius 1 is 1.47 bits per heavy atom. The van der Waals surface area contributed by atoms with Gasteiger partial charge < -0.3 is 5.32 Å². The van der Waals surface area contributed by atoms with Crippen molar-refractivity contribution in [2.45, 2.75) is 26.0 Å². The van der Waals surface area contributed by atoms with Crippen LogP contribution in [0.1, 0.15) is 19.5 Å². The fourth-order valence-corrected chi connectivity index (χ4v) is 1.13. The van der Waals surface area contributed by atoms with Gasteiger partial charge in [-0.25, -0.2) is 0 Å². The minimum Gasteiger partial charge on any atom is -0.324 e. The van der Waals surface area contributed by atoms with Crippen molar-refractivity contribution in [3.8, 4) is 0 Å². The molecular formula is C11H16N2OS. The van der Waals surface area contributed by atoms with Gasteiger partial charge in [0.25, 0.3) is 0 Å². The highest BCUT2D eigenvalue weighted by molar-refractivity contribution is 7.81. The maximum absolute atomic E-state index is 11.6. The highest BCUT2D eigenvalue weighted by Crippen LogP contribution is 2.12. The Labute approximate surface area is 95.7 Å². The van der Waals surface area contributed by atoms with E-state index in [0.29, 0.717) is 5.69 Å². The van der Waals surface area contributed by atoms with Crippen LogP contribution in [0.3, 0.4) is 0 Å². The van der Waals surface area contributed by atoms with E-state index in [1.807, 2.05) is 32.9 Å². The molecule has 15 heavy (non-hydrogen) atoms. The zero-order valence-corrected chi connectivity index (χ0v) is 10.1. The lowest BCUT2D eigenvalue weighted by molar-refractivity contribution is -0.116. The Morgan fingerprint density at radius 3 is 2.60 bits per heavy atom. The molecule has 1 unspecified atom stereocenters. The van der Waals surface area contributed by atoms with Crippen LogP contribution in [0.25, 0.3) is 0 Å². The molecule has 0 radical (unpaired) electrons. The Hall–Kier alpha value is -1.03. The molecule has 0 aliphatic carbocycles. The van der Waals surface area contributed by atoms with E-state index >= 15 is 0 Å². The van der Waals surface area contributed by atoms with Crippen LogP contribution in [-0.2, 0) is 4.79 Å². The molecule has 1 heterocycles. The number of carbonyl (C=O) groups is 1. The quantitative estimate of drug-likeness (QED) is 0.773. The molecule has 1 aromatic heterocycles. The smallest absolute Gasteiger partial charge is 0.237 e. The molecule has 0 saturated heterocycles. The minimum absolute atomic E-state index is 0.0843. The van der Waals surface area contributed by atoms with E-state index in [-0.39, 0.29) is 17.1 Å². The van der Waals surface area contributed by atoms with Gasteiger partial charge in [0, 0.05) is 5.69 Å². The molecule has 1 aromatic rings. The monoisotopic (exact) mass is 224 g/mol. The summed E-state index contributed by atoms with van der Waals surface area (Å²) in [7, 11) is 0. The number of thiol groups is 1. The summed E-state index contributed by atoms with van der Waals surface area (Å²) in [6.45, 7) is 5.83. The van der Waals surface area contributed by atoms with Gasteiger partial charge in [0.05, 0.1) is 17.1 Å². The van der Waals surface area contributed by atoms with Crippen molar-refractivity contribution in [2.24, 2.45) is 5.92 Å². The SMILES string of the molecule is Cc1ccc(NC(=O)C(S)C(C)C)cn1. The van der Waals surface area contributed by atoms with E-state index in [2.05, 4.69) is 22.9 Å². The molecule has 0 fully saturated rings. The zero-order valence-electron chi connectivity index (χ0n) is 9.19. The number of anilines is 1. The van der Waals surface area contributed by atoms with Crippen LogP contribution in [0.15, 0.2) is 18.3 Å². The minimum atomic E-state index is -0.286. The van der Waals surface area contributed by atoms with Crippen molar-refractivity contribution in [1.29, 1.82) is 0 Å². The Kier molecular flexibility index (Phi) is 4.15. The van der Waals surface area contributed by atoms with E-state index in [1.165, 1.54) is 0 Å². The van der Waals surface area contributed by atoms with Crippen molar-refractivity contribution in [3.63, 3.8) is 0 Å². The van der Waals surface area contributed by atoms with Crippen LogP contribution in [0.5, 0.6) is 0 Å². The normalized spacial score (nSPS) is 12.6. The lowest BCUT2D eigenvalue weighted by atomic mass is 10.1. The number of aryl methyl sites for hydroxylation is 1. The predicted octanol–water partition coefficient (Wildman–Crippen LogP) is 2.28. The third kappa shape index (κ3) is 3.55. The van der Waals surface area contributed by atoms with Crippen LogP contribution in [0.2, 0.25) is 0 Å². The summed E-state index contributed by atoms with van der Waals surface area (Å²) in [5.74, 6) is 0.130. The van der Waals surface area contributed by atoms with Gasteiger partial charge >= 0.3 is 0 Å². The van der Waals surface area contributed by atoms with E-state index in [4.69, 9.17) is 0 Å². The molecular weight excluding hydrogens is 208 g/mol. The number of nitrogens with zero attached hydrogens (tertiary/aromatic N) is 1. The van der Waals surface area contributed by atoms with Crippen molar-refractivity contribution in [2.75, 3.05) is 5.32 Å². The summed E-state index contributed by atoms with van der Waals surface area (Å²) in [4.78, 5) is 15.7. The second-order valence-electron chi connectivity index (χ2n) is 3.87. The van der Waals surface area contributed by atoms with Crippen molar-refractivity contribution >= 4 is 24.2 Å². The van der Waals surface area contributed by atoms with Gasteiger partial charge in [-0.2, -0.15) is 12.6 Å². The molecule has 82 valence electrons. The summed E-state index contributed by atoms with van der Waals surface area (Å²) < 4.78 is 0. The van der Waals surface area contributed by atoms with Crippen LogP contribution in [0, 0.1) is 12.8 Å². The maximum atomic E-state index is 11.6. The molecule has 3 nitrogen and oxygen atoms in total. The van der Waals surface area contributed by atoms with Gasteiger partial charge in [-0.15, -0.1) is 0 Å². The summed E-state index contributed by atoms with van der Waals surface area (Å²) >= 11 is 4.24. The van der Waals surface area contributed by atoms with Crippen molar-refractivity contribution in [1.82, 2.24) is 4.98 Å². The topological polar surface area (TPSA) is 42.0 Å². The van der Waals surface area contributed by atoms with E-state index in [1.54, 1.807) is 6.20 Å². The largest absolute Gasteiger partial charge is 0.324 e. The molecule has 0 bridgehead atoms. The second-order valence-corrected chi connectivity index (χ2v) is 4.42.